The lowest BCUT2D eigenvalue weighted by molar-refractivity contribution is 0.0772. The molecule has 1 aliphatic rings. The largest absolute Gasteiger partial charge is 0.340 e. The average molecular weight is 285 g/mol. The summed E-state index contributed by atoms with van der Waals surface area (Å²) in [6.07, 6.45) is 4.26. The summed E-state index contributed by atoms with van der Waals surface area (Å²) in [4.78, 5) is 14.1. The van der Waals surface area contributed by atoms with Crippen LogP contribution in [0, 0.1) is 0 Å². The second-order valence-electron chi connectivity index (χ2n) is 4.69. The molecular weight excluding hydrogens is 268 g/mol. The fourth-order valence-electron chi connectivity index (χ4n) is 1.85. The molecule has 16 heavy (non-hydrogen) atoms. The molecule has 1 aliphatic carbocycles. The van der Waals surface area contributed by atoms with Gasteiger partial charge >= 0.3 is 0 Å². The van der Waals surface area contributed by atoms with Gasteiger partial charge < -0.3 is 9.47 Å². The lowest BCUT2D eigenvalue weighted by Crippen LogP contribution is -2.30. The van der Waals surface area contributed by atoms with Crippen LogP contribution < -0.4 is 0 Å². The second-order valence-corrected chi connectivity index (χ2v) is 5.61. The van der Waals surface area contributed by atoms with Gasteiger partial charge in [-0.05, 0) is 48.7 Å². The highest BCUT2D eigenvalue weighted by Gasteiger charge is 2.31. The molecule has 2 rings (SSSR count). The van der Waals surface area contributed by atoms with Crippen molar-refractivity contribution >= 4 is 21.8 Å². The first-order chi connectivity index (χ1) is 7.50. The normalized spacial score (nSPS) is 15.6. The number of carbonyl (C=O) groups is 1. The molecule has 1 saturated carbocycles. The number of hydrogen-bond donors (Lipinski definition) is 0. The number of amides is 1. The zero-order valence-corrected chi connectivity index (χ0v) is 11.5. The van der Waals surface area contributed by atoms with Crippen LogP contribution in [0.3, 0.4) is 0 Å². The number of nitrogens with zero attached hydrogens (tertiary/aromatic N) is 2. The molecule has 0 radical (unpaired) electrons. The number of aromatic nitrogens is 1. The van der Waals surface area contributed by atoms with E-state index in [9.17, 15) is 4.79 Å². The first-order valence-corrected chi connectivity index (χ1v) is 6.44. The van der Waals surface area contributed by atoms with Crippen LogP contribution in [0.15, 0.2) is 16.7 Å². The summed E-state index contributed by atoms with van der Waals surface area (Å²) in [5.41, 5.74) is 0.774. The Hall–Kier alpha value is -0.770. The Morgan fingerprint density at radius 2 is 2.19 bits per heavy atom. The molecule has 0 N–H and O–H groups in total. The van der Waals surface area contributed by atoms with E-state index in [4.69, 9.17) is 0 Å². The highest BCUT2D eigenvalue weighted by molar-refractivity contribution is 9.10. The molecule has 0 unspecified atom stereocenters. The number of carbonyl (C=O) groups excluding carboxylic acids is 1. The molecular formula is C12H17BrN2O. The summed E-state index contributed by atoms with van der Waals surface area (Å²) >= 11 is 3.43. The molecule has 0 spiro atoms. The summed E-state index contributed by atoms with van der Waals surface area (Å²) < 4.78 is 2.99. The van der Waals surface area contributed by atoms with Crippen LogP contribution >= 0.6 is 15.9 Å². The quantitative estimate of drug-likeness (QED) is 0.838. The molecule has 1 heterocycles. The van der Waals surface area contributed by atoms with Crippen molar-refractivity contribution in [1.29, 1.82) is 0 Å². The Balaban J connectivity index is 2.27. The van der Waals surface area contributed by atoms with Gasteiger partial charge in [0, 0.05) is 29.8 Å². The lowest BCUT2D eigenvalue weighted by atomic mass is 10.3. The van der Waals surface area contributed by atoms with Gasteiger partial charge in [0.05, 0.1) is 0 Å². The standard InChI is InChI=1S/C12H17BrN2O/c1-8(2)15-7-9(13)6-11(15)12(16)14(3)10-4-5-10/h6-8,10H,4-5H2,1-3H3. The molecule has 0 bridgehead atoms. The van der Waals surface area contributed by atoms with Crippen LogP contribution in [-0.4, -0.2) is 28.5 Å². The van der Waals surface area contributed by atoms with E-state index in [0.29, 0.717) is 12.1 Å². The number of rotatable bonds is 3. The van der Waals surface area contributed by atoms with E-state index in [0.717, 1.165) is 23.0 Å². The summed E-state index contributed by atoms with van der Waals surface area (Å²) in [5, 5.41) is 0. The molecule has 1 fully saturated rings. The van der Waals surface area contributed by atoms with Crippen molar-refractivity contribution in [3.05, 3.63) is 22.4 Å². The van der Waals surface area contributed by atoms with Gasteiger partial charge in [-0.1, -0.05) is 0 Å². The van der Waals surface area contributed by atoms with Crippen molar-refractivity contribution < 1.29 is 4.79 Å². The number of halogens is 1. The van der Waals surface area contributed by atoms with E-state index < -0.39 is 0 Å². The molecule has 1 aromatic rings. The van der Waals surface area contributed by atoms with Crippen LogP contribution in [0.25, 0.3) is 0 Å². The van der Waals surface area contributed by atoms with Crippen LogP contribution in [-0.2, 0) is 0 Å². The monoisotopic (exact) mass is 284 g/mol. The Morgan fingerprint density at radius 3 is 2.69 bits per heavy atom. The third-order valence-corrected chi connectivity index (χ3v) is 3.44. The van der Waals surface area contributed by atoms with E-state index in [1.807, 2.05) is 28.8 Å². The van der Waals surface area contributed by atoms with E-state index in [-0.39, 0.29) is 5.91 Å². The predicted octanol–water partition coefficient (Wildman–Crippen LogP) is 3.07. The maximum atomic E-state index is 12.2. The van der Waals surface area contributed by atoms with Crippen LogP contribution in [0.4, 0.5) is 0 Å². The van der Waals surface area contributed by atoms with E-state index in [1.54, 1.807) is 0 Å². The summed E-state index contributed by atoms with van der Waals surface area (Å²) in [6, 6.07) is 2.67. The van der Waals surface area contributed by atoms with Crippen LogP contribution in [0.2, 0.25) is 0 Å². The van der Waals surface area contributed by atoms with E-state index in [2.05, 4.69) is 29.8 Å². The predicted molar refractivity (Wildman–Crippen MR) is 67.6 cm³/mol. The van der Waals surface area contributed by atoms with Crippen molar-refractivity contribution in [2.24, 2.45) is 0 Å². The number of hydrogen-bond acceptors (Lipinski definition) is 1. The minimum absolute atomic E-state index is 0.127. The summed E-state index contributed by atoms with van der Waals surface area (Å²) in [6.45, 7) is 4.17. The first-order valence-electron chi connectivity index (χ1n) is 5.65. The van der Waals surface area contributed by atoms with Crippen LogP contribution in [0.1, 0.15) is 43.2 Å². The maximum absolute atomic E-state index is 12.2. The average Bonchev–Trinajstić information content (AvgIpc) is 2.99. The minimum Gasteiger partial charge on any atom is -0.340 e. The molecule has 1 aromatic heterocycles. The minimum atomic E-state index is 0.127. The Kier molecular flexibility index (Phi) is 3.10. The molecule has 0 aliphatic heterocycles. The van der Waals surface area contributed by atoms with Crippen molar-refractivity contribution in [2.75, 3.05) is 7.05 Å². The van der Waals surface area contributed by atoms with Crippen molar-refractivity contribution in [1.82, 2.24) is 9.47 Å². The zero-order valence-electron chi connectivity index (χ0n) is 9.90. The van der Waals surface area contributed by atoms with Gasteiger partial charge in [0.25, 0.3) is 5.91 Å². The van der Waals surface area contributed by atoms with Crippen LogP contribution in [0.5, 0.6) is 0 Å². The van der Waals surface area contributed by atoms with Gasteiger partial charge in [-0.2, -0.15) is 0 Å². The van der Waals surface area contributed by atoms with Gasteiger partial charge in [0.15, 0.2) is 0 Å². The molecule has 0 saturated heterocycles. The van der Waals surface area contributed by atoms with Crippen molar-refractivity contribution in [2.45, 2.75) is 38.8 Å². The smallest absolute Gasteiger partial charge is 0.270 e. The first kappa shape index (κ1) is 11.7. The fourth-order valence-corrected chi connectivity index (χ4v) is 2.29. The van der Waals surface area contributed by atoms with Gasteiger partial charge in [0.2, 0.25) is 0 Å². The second kappa shape index (κ2) is 4.24. The van der Waals surface area contributed by atoms with Gasteiger partial charge in [-0.3, -0.25) is 4.79 Å². The van der Waals surface area contributed by atoms with Crippen molar-refractivity contribution in [3.8, 4) is 0 Å². The van der Waals surface area contributed by atoms with E-state index >= 15 is 0 Å². The third-order valence-electron chi connectivity index (χ3n) is 3.01. The zero-order chi connectivity index (χ0) is 11.9. The maximum Gasteiger partial charge on any atom is 0.270 e. The highest BCUT2D eigenvalue weighted by Crippen LogP contribution is 2.28. The molecule has 3 nitrogen and oxygen atoms in total. The molecule has 88 valence electrons. The third kappa shape index (κ3) is 2.17. The molecule has 0 aromatic carbocycles. The highest BCUT2D eigenvalue weighted by atomic mass is 79.9. The van der Waals surface area contributed by atoms with Crippen molar-refractivity contribution in [3.63, 3.8) is 0 Å². The van der Waals surface area contributed by atoms with Gasteiger partial charge in [-0.15, -0.1) is 0 Å². The summed E-state index contributed by atoms with van der Waals surface area (Å²) in [5.74, 6) is 0.127. The van der Waals surface area contributed by atoms with Gasteiger partial charge in [-0.25, -0.2) is 0 Å². The summed E-state index contributed by atoms with van der Waals surface area (Å²) in [7, 11) is 1.89. The fraction of sp³-hybridized carbons (Fsp3) is 0.583. The Bertz CT molecular complexity index is 407. The Labute approximate surface area is 105 Å². The lowest BCUT2D eigenvalue weighted by Gasteiger charge is -2.19. The molecule has 0 atom stereocenters. The SMILES string of the molecule is CC(C)n1cc(Br)cc1C(=O)N(C)C1CC1. The topological polar surface area (TPSA) is 25.2 Å². The Morgan fingerprint density at radius 1 is 1.56 bits per heavy atom. The molecule has 1 amide bonds. The van der Waals surface area contributed by atoms with Gasteiger partial charge in [0.1, 0.15) is 5.69 Å². The van der Waals surface area contributed by atoms with E-state index in [1.165, 1.54) is 0 Å². The molecule has 4 heteroatoms.